The van der Waals surface area contributed by atoms with E-state index in [0.717, 1.165) is 6.07 Å². The van der Waals surface area contributed by atoms with Gasteiger partial charge in [0.05, 0.1) is 22.0 Å². The van der Waals surface area contributed by atoms with E-state index in [1.165, 1.54) is 6.92 Å². The quantitative estimate of drug-likeness (QED) is 0.619. The molecule has 0 bridgehead atoms. The Labute approximate surface area is 114 Å². The second kappa shape index (κ2) is 4.76. The lowest BCUT2D eigenvalue weighted by Gasteiger charge is -2.15. The average molecular weight is 304 g/mol. The maximum atomic E-state index is 13.5. The van der Waals surface area contributed by atoms with Crippen molar-refractivity contribution in [1.82, 2.24) is 4.72 Å². The molecule has 0 amide bonds. The maximum absolute atomic E-state index is 13.5. The van der Waals surface area contributed by atoms with Crippen LogP contribution in [0.3, 0.4) is 0 Å². The second-order valence-electron chi connectivity index (χ2n) is 4.87. The van der Waals surface area contributed by atoms with E-state index in [9.17, 15) is 22.9 Å². The zero-order valence-electron chi connectivity index (χ0n) is 10.6. The summed E-state index contributed by atoms with van der Waals surface area (Å²) in [6.45, 7) is 0.898. The molecular weight excluding hydrogens is 291 g/mol. The van der Waals surface area contributed by atoms with Crippen LogP contribution in [0, 0.1) is 22.9 Å². The normalized spacial score (nSPS) is 16.9. The van der Waals surface area contributed by atoms with Crippen molar-refractivity contribution < 1.29 is 22.8 Å². The van der Waals surface area contributed by atoms with Gasteiger partial charge in [-0.1, -0.05) is 0 Å². The zero-order chi connectivity index (χ0) is 15.1. The first-order valence-corrected chi connectivity index (χ1v) is 7.28. The summed E-state index contributed by atoms with van der Waals surface area (Å²) in [5, 5.41) is 19.8. The Hall–Kier alpha value is -1.58. The van der Waals surface area contributed by atoms with Gasteiger partial charge in [-0.25, -0.2) is 13.1 Å². The molecule has 0 atom stereocenters. The highest BCUT2D eigenvalue weighted by atomic mass is 32.2. The minimum Gasteiger partial charge on any atom is -0.394 e. The number of nitrogens with zero attached hydrogens (tertiary/aromatic N) is 1. The predicted octanol–water partition coefficient (Wildman–Crippen LogP) is 0.846. The molecule has 0 saturated heterocycles. The summed E-state index contributed by atoms with van der Waals surface area (Å²) in [6.07, 6.45) is 0.982. The van der Waals surface area contributed by atoms with E-state index < -0.39 is 32.0 Å². The van der Waals surface area contributed by atoms with Crippen molar-refractivity contribution in [3.63, 3.8) is 0 Å². The fourth-order valence-electron chi connectivity index (χ4n) is 1.79. The average Bonchev–Trinajstić information content (AvgIpc) is 3.11. The molecule has 7 nitrogen and oxygen atoms in total. The van der Waals surface area contributed by atoms with Gasteiger partial charge < -0.3 is 5.11 Å². The number of sulfonamides is 1. The number of benzene rings is 1. The van der Waals surface area contributed by atoms with Crippen LogP contribution < -0.4 is 4.72 Å². The first-order chi connectivity index (χ1) is 9.21. The first-order valence-electron chi connectivity index (χ1n) is 5.80. The van der Waals surface area contributed by atoms with E-state index in [-0.39, 0.29) is 17.1 Å². The monoisotopic (exact) mass is 304 g/mol. The van der Waals surface area contributed by atoms with Crippen molar-refractivity contribution in [1.29, 1.82) is 0 Å². The molecule has 0 aliphatic heterocycles. The Morgan fingerprint density at radius 1 is 1.50 bits per heavy atom. The van der Waals surface area contributed by atoms with E-state index in [2.05, 4.69) is 4.72 Å². The van der Waals surface area contributed by atoms with E-state index in [4.69, 9.17) is 5.11 Å². The fraction of sp³-hybridized carbons (Fsp3) is 0.455. The summed E-state index contributed by atoms with van der Waals surface area (Å²) < 4.78 is 40.1. The number of hydrogen-bond acceptors (Lipinski definition) is 5. The van der Waals surface area contributed by atoms with Crippen molar-refractivity contribution in [2.45, 2.75) is 30.2 Å². The molecule has 2 N–H and O–H groups in total. The van der Waals surface area contributed by atoms with Gasteiger partial charge >= 0.3 is 5.69 Å². The predicted molar refractivity (Wildman–Crippen MR) is 67.2 cm³/mol. The number of nitro groups is 1. The molecule has 1 aromatic carbocycles. The number of nitro benzene ring substituents is 1. The summed E-state index contributed by atoms with van der Waals surface area (Å²) in [5.74, 6) is -1.06. The molecule has 2 rings (SSSR count). The number of aryl methyl sites for hydroxylation is 1. The van der Waals surface area contributed by atoms with Crippen LogP contribution in [-0.2, 0) is 10.0 Å². The van der Waals surface area contributed by atoms with Crippen LogP contribution in [0.15, 0.2) is 17.0 Å². The molecule has 0 aromatic heterocycles. The molecular formula is C11H13FN2O5S. The summed E-state index contributed by atoms with van der Waals surface area (Å²) in [4.78, 5) is 9.36. The van der Waals surface area contributed by atoms with Gasteiger partial charge in [-0.2, -0.15) is 4.39 Å². The summed E-state index contributed by atoms with van der Waals surface area (Å²) in [5.41, 5.74) is -1.91. The minimum atomic E-state index is -4.04. The topological polar surface area (TPSA) is 110 Å². The third kappa shape index (κ3) is 2.65. The van der Waals surface area contributed by atoms with Crippen LogP contribution >= 0.6 is 0 Å². The highest BCUT2D eigenvalue weighted by Gasteiger charge is 2.45. The van der Waals surface area contributed by atoms with Crippen molar-refractivity contribution in [3.05, 3.63) is 33.6 Å². The molecule has 9 heteroatoms. The molecule has 1 aliphatic carbocycles. The van der Waals surface area contributed by atoms with Crippen molar-refractivity contribution >= 4 is 15.7 Å². The molecule has 1 fully saturated rings. The third-order valence-corrected chi connectivity index (χ3v) is 4.78. The molecule has 1 aliphatic rings. The van der Waals surface area contributed by atoms with Crippen LogP contribution in [0.5, 0.6) is 0 Å². The van der Waals surface area contributed by atoms with Gasteiger partial charge in [0.25, 0.3) is 0 Å². The van der Waals surface area contributed by atoms with Crippen LogP contribution in [0.2, 0.25) is 0 Å². The second-order valence-corrected chi connectivity index (χ2v) is 6.56. The van der Waals surface area contributed by atoms with Crippen LogP contribution in [0.1, 0.15) is 18.4 Å². The van der Waals surface area contributed by atoms with Crippen LogP contribution in [0.25, 0.3) is 0 Å². The van der Waals surface area contributed by atoms with Gasteiger partial charge in [0.15, 0.2) is 0 Å². The van der Waals surface area contributed by atoms with Crippen molar-refractivity contribution in [3.8, 4) is 0 Å². The van der Waals surface area contributed by atoms with Gasteiger partial charge in [0, 0.05) is 6.07 Å². The van der Waals surface area contributed by atoms with Gasteiger partial charge in [0.1, 0.15) is 0 Å². The summed E-state index contributed by atoms with van der Waals surface area (Å²) in [7, 11) is -4.04. The lowest BCUT2D eigenvalue weighted by atomic mass is 10.2. The smallest absolute Gasteiger partial charge is 0.306 e. The van der Waals surface area contributed by atoms with Crippen LogP contribution in [0.4, 0.5) is 10.1 Å². The number of aliphatic hydroxyl groups excluding tert-OH is 1. The molecule has 0 radical (unpaired) electrons. The van der Waals surface area contributed by atoms with E-state index >= 15 is 0 Å². The molecule has 110 valence electrons. The Kier molecular flexibility index (Phi) is 3.53. The molecule has 20 heavy (non-hydrogen) atoms. The van der Waals surface area contributed by atoms with Crippen LogP contribution in [-0.4, -0.2) is 30.6 Å². The Morgan fingerprint density at radius 2 is 2.10 bits per heavy atom. The highest BCUT2D eigenvalue weighted by Crippen LogP contribution is 2.36. The lowest BCUT2D eigenvalue weighted by Crippen LogP contribution is -2.39. The number of aliphatic hydroxyl groups is 1. The minimum absolute atomic E-state index is 0.131. The number of hydrogen-bond donors (Lipinski definition) is 2. The Bertz CT molecular complexity index is 670. The third-order valence-electron chi connectivity index (χ3n) is 3.22. The van der Waals surface area contributed by atoms with Crippen molar-refractivity contribution in [2.24, 2.45) is 0 Å². The highest BCUT2D eigenvalue weighted by molar-refractivity contribution is 7.89. The Balaban J connectivity index is 2.44. The lowest BCUT2D eigenvalue weighted by molar-refractivity contribution is -0.387. The molecule has 0 spiro atoms. The van der Waals surface area contributed by atoms with Gasteiger partial charge in [0.2, 0.25) is 15.8 Å². The van der Waals surface area contributed by atoms with Gasteiger partial charge in [-0.05, 0) is 31.4 Å². The Morgan fingerprint density at radius 3 is 2.55 bits per heavy atom. The standard InChI is InChI=1S/C11H13FN2O5S/c1-7-4-8(5-9(10(7)12)14(16)17)20(18,19)13-11(6-15)2-3-11/h4-5,13,15H,2-3,6H2,1H3. The SMILES string of the molecule is Cc1cc(S(=O)(=O)NC2(CO)CC2)cc([N+](=O)[O-])c1F. The molecule has 0 unspecified atom stereocenters. The van der Waals surface area contributed by atoms with Gasteiger partial charge in [-0.15, -0.1) is 0 Å². The van der Waals surface area contributed by atoms with Crippen molar-refractivity contribution in [2.75, 3.05) is 6.61 Å². The zero-order valence-corrected chi connectivity index (χ0v) is 11.4. The number of rotatable bonds is 5. The van der Waals surface area contributed by atoms with Gasteiger partial charge in [-0.3, -0.25) is 10.1 Å². The molecule has 1 saturated carbocycles. The fourth-order valence-corrected chi connectivity index (χ4v) is 3.35. The first kappa shape index (κ1) is 14.8. The molecule has 0 heterocycles. The van der Waals surface area contributed by atoms with E-state index in [1.807, 2.05) is 0 Å². The van der Waals surface area contributed by atoms with E-state index in [1.54, 1.807) is 0 Å². The summed E-state index contributed by atoms with van der Waals surface area (Å²) >= 11 is 0. The number of nitrogens with one attached hydrogen (secondary N) is 1. The molecule has 1 aromatic rings. The summed E-state index contributed by atoms with van der Waals surface area (Å²) in [6, 6.07) is 1.70. The maximum Gasteiger partial charge on any atom is 0.306 e. The van der Waals surface area contributed by atoms with E-state index in [0.29, 0.717) is 18.9 Å². The largest absolute Gasteiger partial charge is 0.394 e. The number of halogens is 1.